The Morgan fingerprint density at radius 1 is 0.800 bits per heavy atom. The fraction of sp³-hybridized carbons (Fsp3) is 0.212. The molecule has 0 saturated heterocycles. The van der Waals surface area contributed by atoms with E-state index in [9.17, 15) is 18.0 Å². The smallest absolute Gasteiger partial charge is 0.264 e. The minimum Gasteiger partial charge on any atom is -0.354 e. The number of sulfonamides is 1. The van der Waals surface area contributed by atoms with Gasteiger partial charge < -0.3 is 10.2 Å². The third kappa shape index (κ3) is 8.93. The van der Waals surface area contributed by atoms with E-state index in [4.69, 9.17) is 46.4 Å². The lowest BCUT2D eigenvalue weighted by Gasteiger charge is -2.34. The number of hydrogen-bond donors (Lipinski definition) is 1. The van der Waals surface area contributed by atoms with Gasteiger partial charge in [0.25, 0.3) is 10.0 Å². The Kier molecular flexibility index (Phi) is 12.2. The Balaban J connectivity index is 1.83. The molecule has 0 saturated carbocycles. The van der Waals surface area contributed by atoms with Gasteiger partial charge in [0.05, 0.1) is 10.6 Å². The van der Waals surface area contributed by atoms with Gasteiger partial charge in [0.15, 0.2) is 0 Å². The molecule has 0 unspecified atom stereocenters. The predicted octanol–water partition coefficient (Wildman–Crippen LogP) is 7.66. The minimum absolute atomic E-state index is 0.0816. The molecule has 12 heteroatoms. The van der Waals surface area contributed by atoms with Crippen LogP contribution in [0.5, 0.6) is 0 Å². The number of carbonyl (C=O) groups excluding carboxylic acids is 2. The molecule has 0 aliphatic heterocycles. The second-order valence-electron chi connectivity index (χ2n) is 10.2. The molecule has 1 N–H and O–H groups in total. The molecule has 0 heterocycles. The molecule has 4 aromatic carbocycles. The van der Waals surface area contributed by atoms with Gasteiger partial charge in [-0.3, -0.25) is 13.9 Å². The summed E-state index contributed by atoms with van der Waals surface area (Å²) in [5.74, 6) is -1.05. The summed E-state index contributed by atoms with van der Waals surface area (Å²) in [7, 11) is -4.31. The third-order valence-electron chi connectivity index (χ3n) is 6.99. The highest BCUT2D eigenvalue weighted by Crippen LogP contribution is 2.30. The van der Waals surface area contributed by atoms with Crippen molar-refractivity contribution < 1.29 is 18.0 Å². The van der Waals surface area contributed by atoms with E-state index in [2.05, 4.69) is 5.32 Å². The molecule has 4 rings (SSSR count). The average molecular weight is 708 g/mol. The molecule has 1 atom stereocenters. The summed E-state index contributed by atoms with van der Waals surface area (Å²) in [4.78, 5) is 29.5. The molecule has 7 nitrogen and oxygen atoms in total. The number of halogens is 4. The first-order valence-corrected chi connectivity index (χ1v) is 17.0. The van der Waals surface area contributed by atoms with Crippen molar-refractivity contribution in [2.45, 2.75) is 37.2 Å². The van der Waals surface area contributed by atoms with Crippen LogP contribution in [0.3, 0.4) is 0 Å². The fourth-order valence-corrected chi connectivity index (χ4v) is 6.90. The van der Waals surface area contributed by atoms with Crippen molar-refractivity contribution in [3.05, 3.63) is 128 Å². The number of anilines is 1. The highest BCUT2D eigenvalue weighted by molar-refractivity contribution is 7.92. The molecule has 0 aliphatic carbocycles. The average Bonchev–Trinajstić information content (AvgIpc) is 3.02. The normalized spacial score (nSPS) is 11.9. The van der Waals surface area contributed by atoms with Crippen LogP contribution in [0, 0.1) is 0 Å². The summed E-state index contributed by atoms with van der Waals surface area (Å²) in [6.07, 6.45) is 0.835. The van der Waals surface area contributed by atoms with Gasteiger partial charge in [0.2, 0.25) is 11.8 Å². The van der Waals surface area contributed by atoms with Crippen molar-refractivity contribution in [1.29, 1.82) is 0 Å². The molecule has 236 valence electrons. The van der Waals surface area contributed by atoms with Crippen molar-refractivity contribution in [2.75, 3.05) is 17.4 Å². The second kappa shape index (κ2) is 15.8. The van der Waals surface area contributed by atoms with E-state index in [1.807, 2.05) is 37.3 Å². The van der Waals surface area contributed by atoms with Crippen LogP contribution in [0.2, 0.25) is 20.1 Å². The maximum absolute atomic E-state index is 14.5. The number of nitrogens with one attached hydrogen (secondary N) is 1. The molecule has 0 fully saturated rings. The van der Waals surface area contributed by atoms with Gasteiger partial charge >= 0.3 is 0 Å². The predicted molar refractivity (Wildman–Crippen MR) is 182 cm³/mol. The number of benzene rings is 4. The van der Waals surface area contributed by atoms with E-state index >= 15 is 0 Å². The highest BCUT2D eigenvalue weighted by atomic mass is 35.5. The van der Waals surface area contributed by atoms with Crippen LogP contribution in [-0.2, 0) is 32.6 Å². The van der Waals surface area contributed by atoms with Crippen LogP contribution < -0.4 is 9.62 Å². The van der Waals surface area contributed by atoms with Gasteiger partial charge in [-0.25, -0.2) is 8.42 Å². The van der Waals surface area contributed by atoms with Crippen molar-refractivity contribution >= 4 is 73.9 Å². The van der Waals surface area contributed by atoms with Crippen molar-refractivity contribution in [3.8, 4) is 0 Å². The molecule has 0 radical (unpaired) electrons. The van der Waals surface area contributed by atoms with Gasteiger partial charge in [0.1, 0.15) is 12.6 Å². The zero-order chi connectivity index (χ0) is 32.6. The molecule has 2 amide bonds. The Morgan fingerprint density at radius 2 is 1.44 bits per heavy atom. The Morgan fingerprint density at radius 3 is 2.07 bits per heavy atom. The van der Waals surface area contributed by atoms with Gasteiger partial charge in [-0.1, -0.05) is 95.8 Å². The van der Waals surface area contributed by atoms with Crippen LogP contribution in [0.15, 0.2) is 102 Å². The van der Waals surface area contributed by atoms with Gasteiger partial charge in [-0.15, -0.1) is 0 Å². The van der Waals surface area contributed by atoms with Crippen molar-refractivity contribution in [1.82, 2.24) is 10.2 Å². The summed E-state index contributed by atoms with van der Waals surface area (Å²) in [5, 5.41) is 4.12. The van der Waals surface area contributed by atoms with Crippen LogP contribution in [0.25, 0.3) is 0 Å². The third-order valence-corrected chi connectivity index (χ3v) is 9.97. The number of hydrogen-bond acceptors (Lipinski definition) is 4. The summed E-state index contributed by atoms with van der Waals surface area (Å²) >= 11 is 25.4. The largest absolute Gasteiger partial charge is 0.354 e. The zero-order valence-electron chi connectivity index (χ0n) is 24.3. The van der Waals surface area contributed by atoms with Crippen LogP contribution in [-0.4, -0.2) is 44.3 Å². The number of nitrogens with zero attached hydrogens (tertiary/aromatic N) is 2. The first kappa shape index (κ1) is 34.6. The van der Waals surface area contributed by atoms with Crippen LogP contribution in [0.1, 0.15) is 24.5 Å². The van der Waals surface area contributed by atoms with Crippen LogP contribution >= 0.6 is 46.4 Å². The number of amides is 2. The summed E-state index contributed by atoms with van der Waals surface area (Å²) in [6.45, 7) is 1.50. The number of carbonyl (C=O) groups is 2. The summed E-state index contributed by atoms with van der Waals surface area (Å²) in [6, 6.07) is 25.0. The quantitative estimate of drug-likeness (QED) is 0.155. The molecular formula is C33H31Cl4N3O4S. The minimum atomic E-state index is -4.31. The lowest BCUT2D eigenvalue weighted by atomic mass is 10.0. The molecule has 0 aromatic heterocycles. The van der Waals surface area contributed by atoms with E-state index in [-0.39, 0.29) is 28.6 Å². The van der Waals surface area contributed by atoms with E-state index in [1.165, 1.54) is 41.3 Å². The Labute approximate surface area is 283 Å². The van der Waals surface area contributed by atoms with E-state index < -0.39 is 34.4 Å². The van der Waals surface area contributed by atoms with Crippen molar-refractivity contribution in [2.24, 2.45) is 0 Å². The van der Waals surface area contributed by atoms with E-state index in [1.54, 1.807) is 30.3 Å². The van der Waals surface area contributed by atoms with Crippen LogP contribution in [0.4, 0.5) is 5.69 Å². The molecule has 45 heavy (non-hydrogen) atoms. The molecule has 0 bridgehead atoms. The number of rotatable bonds is 13. The zero-order valence-corrected chi connectivity index (χ0v) is 28.1. The van der Waals surface area contributed by atoms with Gasteiger partial charge in [0, 0.05) is 45.2 Å². The molecule has 0 spiro atoms. The summed E-state index contributed by atoms with van der Waals surface area (Å²) < 4.78 is 29.1. The second-order valence-corrected chi connectivity index (χ2v) is 13.7. The van der Waals surface area contributed by atoms with Gasteiger partial charge in [-0.05, 0) is 66.6 Å². The maximum Gasteiger partial charge on any atom is 0.264 e. The molecule has 4 aromatic rings. The topological polar surface area (TPSA) is 86.8 Å². The standard InChI is InChI=1S/C33H31Cl4N3O4S/c1-2-18-38-33(42)31(19-23-8-4-3-5-9-23)39(21-28-29(36)12-7-13-30(28)37)32(41)22-40(26-11-6-10-25(35)20-26)45(43,44)27-16-14-24(34)15-17-27/h3-17,20,31H,2,18-19,21-22H2,1H3,(H,38,42)/t31-/m0/s1. The maximum atomic E-state index is 14.5. The highest BCUT2D eigenvalue weighted by Gasteiger charge is 2.35. The summed E-state index contributed by atoms with van der Waals surface area (Å²) in [5.41, 5.74) is 1.39. The lowest BCUT2D eigenvalue weighted by molar-refractivity contribution is -0.140. The first-order valence-electron chi connectivity index (χ1n) is 14.1. The fourth-order valence-electron chi connectivity index (χ4n) is 4.67. The van der Waals surface area contributed by atoms with E-state index in [0.29, 0.717) is 33.6 Å². The molecular weight excluding hydrogens is 676 g/mol. The van der Waals surface area contributed by atoms with E-state index in [0.717, 1.165) is 9.87 Å². The Bertz CT molecular complexity index is 1720. The molecule has 0 aliphatic rings. The Hall–Kier alpha value is -3.27. The monoisotopic (exact) mass is 705 g/mol. The van der Waals surface area contributed by atoms with Gasteiger partial charge in [-0.2, -0.15) is 0 Å². The lowest BCUT2D eigenvalue weighted by Crippen LogP contribution is -2.53. The SMILES string of the molecule is CCCNC(=O)[C@H](Cc1ccccc1)N(Cc1c(Cl)cccc1Cl)C(=O)CN(c1cccc(Cl)c1)S(=O)(=O)c1ccc(Cl)cc1. The first-order chi connectivity index (χ1) is 21.5. The van der Waals surface area contributed by atoms with Crippen molar-refractivity contribution in [3.63, 3.8) is 0 Å².